The minimum absolute atomic E-state index is 0.371. The van der Waals surface area contributed by atoms with Gasteiger partial charge < -0.3 is 4.57 Å². The molecule has 4 bridgehead atoms. The van der Waals surface area contributed by atoms with Crippen LogP contribution in [0.5, 0.6) is 0 Å². The van der Waals surface area contributed by atoms with Crippen molar-refractivity contribution < 1.29 is 0 Å². The van der Waals surface area contributed by atoms with E-state index in [2.05, 4.69) is 41.1 Å². The molecule has 4 fully saturated rings. The van der Waals surface area contributed by atoms with Crippen molar-refractivity contribution >= 4 is 0 Å². The minimum Gasteiger partial charge on any atom is -0.325 e. The Morgan fingerprint density at radius 1 is 0.905 bits per heavy atom. The summed E-state index contributed by atoms with van der Waals surface area (Å²) in [6, 6.07) is 10.7. The Morgan fingerprint density at radius 2 is 1.52 bits per heavy atom. The third-order valence-corrected chi connectivity index (χ3v) is 6.19. The van der Waals surface area contributed by atoms with Crippen LogP contribution in [0.4, 0.5) is 0 Å². The van der Waals surface area contributed by atoms with Crippen molar-refractivity contribution in [2.24, 2.45) is 17.8 Å². The van der Waals surface area contributed by atoms with E-state index in [0.717, 1.165) is 17.8 Å². The molecule has 0 amide bonds. The van der Waals surface area contributed by atoms with Gasteiger partial charge in [0.25, 0.3) is 0 Å². The summed E-state index contributed by atoms with van der Waals surface area (Å²) < 4.78 is 2.55. The largest absolute Gasteiger partial charge is 0.325 e. The first kappa shape index (κ1) is 12.0. The molecule has 4 aliphatic rings. The molecule has 108 valence electrons. The van der Waals surface area contributed by atoms with Gasteiger partial charge in [0.1, 0.15) is 5.82 Å². The third-order valence-electron chi connectivity index (χ3n) is 6.19. The van der Waals surface area contributed by atoms with Gasteiger partial charge in [0, 0.05) is 23.5 Å². The van der Waals surface area contributed by atoms with E-state index in [1.54, 1.807) is 0 Å². The summed E-state index contributed by atoms with van der Waals surface area (Å²) in [6.45, 7) is 0. The standard InChI is InChI=1S/C19H22N2/c1-2-4-17(5-3-1)18-20-6-7-21(18)19-11-14-8-15(12-19)10-16(9-14)13-19/h1-7,14-16H,8-13H2. The fourth-order valence-corrected chi connectivity index (χ4v) is 5.85. The Labute approximate surface area is 126 Å². The van der Waals surface area contributed by atoms with E-state index in [0.29, 0.717) is 5.54 Å². The van der Waals surface area contributed by atoms with Gasteiger partial charge in [0.15, 0.2) is 0 Å². The maximum atomic E-state index is 4.71. The number of aromatic nitrogens is 2. The highest BCUT2D eigenvalue weighted by Crippen LogP contribution is 2.59. The number of hydrogen-bond donors (Lipinski definition) is 0. The van der Waals surface area contributed by atoms with E-state index < -0.39 is 0 Å². The first-order chi connectivity index (χ1) is 10.3. The zero-order valence-electron chi connectivity index (χ0n) is 12.4. The van der Waals surface area contributed by atoms with Gasteiger partial charge in [-0.25, -0.2) is 4.98 Å². The lowest BCUT2D eigenvalue weighted by Gasteiger charge is -2.57. The molecular formula is C19H22N2. The quantitative estimate of drug-likeness (QED) is 0.792. The van der Waals surface area contributed by atoms with Crippen molar-refractivity contribution in [3.63, 3.8) is 0 Å². The first-order valence-corrected chi connectivity index (χ1v) is 8.42. The molecule has 0 radical (unpaired) electrons. The molecule has 0 saturated heterocycles. The number of imidazole rings is 1. The predicted octanol–water partition coefficient (Wildman–Crippen LogP) is 4.48. The summed E-state index contributed by atoms with van der Waals surface area (Å²) in [6.07, 6.45) is 12.9. The summed E-state index contributed by atoms with van der Waals surface area (Å²) in [5.41, 5.74) is 1.63. The second-order valence-corrected chi connectivity index (χ2v) is 7.63. The molecule has 0 aliphatic heterocycles. The number of nitrogens with zero attached hydrogens (tertiary/aromatic N) is 2. The molecule has 2 heteroatoms. The average Bonchev–Trinajstić information content (AvgIpc) is 2.97. The Hall–Kier alpha value is -1.57. The van der Waals surface area contributed by atoms with E-state index in [1.807, 2.05) is 6.20 Å². The highest BCUT2D eigenvalue weighted by Gasteiger charge is 2.52. The van der Waals surface area contributed by atoms with Crippen LogP contribution in [-0.2, 0) is 5.54 Å². The summed E-state index contributed by atoms with van der Waals surface area (Å²) >= 11 is 0. The van der Waals surface area contributed by atoms with Gasteiger partial charge in [-0.05, 0) is 56.3 Å². The normalized spacial score (nSPS) is 37.0. The molecule has 1 aromatic heterocycles. The zero-order valence-corrected chi connectivity index (χ0v) is 12.4. The maximum absolute atomic E-state index is 4.71. The second-order valence-electron chi connectivity index (χ2n) is 7.63. The van der Waals surface area contributed by atoms with E-state index in [1.165, 1.54) is 49.9 Å². The molecule has 0 atom stereocenters. The first-order valence-electron chi connectivity index (χ1n) is 8.42. The maximum Gasteiger partial charge on any atom is 0.140 e. The predicted molar refractivity (Wildman–Crippen MR) is 83.8 cm³/mol. The van der Waals surface area contributed by atoms with Crippen molar-refractivity contribution in [3.05, 3.63) is 42.7 Å². The molecule has 0 N–H and O–H groups in total. The summed E-state index contributed by atoms with van der Waals surface area (Å²) in [4.78, 5) is 4.71. The fraction of sp³-hybridized carbons (Fsp3) is 0.526. The van der Waals surface area contributed by atoms with Crippen LogP contribution in [0, 0.1) is 17.8 Å². The molecule has 1 aromatic carbocycles. The molecule has 4 saturated carbocycles. The molecule has 21 heavy (non-hydrogen) atoms. The smallest absolute Gasteiger partial charge is 0.140 e. The van der Waals surface area contributed by atoms with Gasteiger partial charge in [-0.2, -0.15) is 0 Å². The van der Waals surface area contributed by atoms with Crippen LogP contribution in [0.25, 0.3) is 11.4 Å². The van der Waals surface area contributed by atoms with Crippen LogP contribution < -0.4 is 0 Å². The van der Waals surface area contributed by atoms with E-state index in [4.69, 9.17) is 4.98 Å². The number of hydrogen-bond acceptors (Lipinski definition) is 1. The van der Waals surface area contributed by atoms with Gasteiger partial charge in [-0.1, -0.05) is 30.3 Å². The van der Waals surface area contributed by atoms with Gasteiger partial charge in [-0.15, -0.1) is 0 Å². The SMILES string of the molecule is c1ccc(-c2nccn2C23CC4CC(CC(C4)C2)C3)cc1. The Morgan fingerprint density at radius 3 is 2.14 bits per heavy atom. The minimum atomic E-state index is 0.371. The second kappa shape index (κ2) is 4.22. The Kier molecular flexibility index (Phi) is 2.42. The van der Waals surface area contributed by atoms with Gasteiger partial charge in [0.05, 0.1) is 0 Å². The molecular weight excluding hydrogens is 256 g/mol. The lowest BCUT2D eigenvalue weighted by atomic mass is 9.53. The van der Waals surface area contributed by atoms with Crippen LogP contribution in [0.1, 0.15) is 38.5 Å². The molecule has 0 spiro atoms. The third kappa shape index (κ3) is 1.74. The van der Waals surface area contributed by atoms with Gasteiger partial charge in [0.2, 0.25) is 0 Å². The van der Waals surface area contributed by atoms with Crippen LogP contribution >= 0.6 is 0 Å². The van der Waals surface area contributed by atoms with Crippen molar-refractivity contribution in [2.45, 2.75) is 44.1 Å². The lowest BCUT2D eigenvalue weighted by Crippen LogP contribution is -2.51. The Bertz CT molecular complexity index is 620. The van der Waals surface area contributed by atoms with E-state index in [9.17, 15) is 0 Å². The van der Waals surface area contributed by atoms with Crippen molar-refractivity contribution in [2.75, 3.05) is 0 Å². The van der Waals surface area contributed by atoms with Crippen LogP contribution in [0.2, 0.25) is 0 Å². The van der Waals surface area contributed by atoms with Crippen LogP contribution in [-0.4, -0.2) is 9.55 Å². The lowest BCUT2D eigenvalue weighted by molar-refractivity contribution is -0.0422. The molecule has 6 rings (SSSR count). The molecule has 2 nitrogen and oxygen atoms in total. The average molecular weight is 278 g/mol. The van der Waals surface area contributed by atoms with E-state index in [-0.39, 0.29) is 0 Å². The molecule has 0 unspecified atom stereocenters. The van der Waals surface area contributed by atoms with E-state index >= 15 is 0 Å². The van der Waals surface area contributed by atoms with Crippen molar-refractivity contribution in [1.82, 2.24) is 9.55 Å². The van der Waals surface area contributed by atoms with Gasteiger partial charge >= 0.3 is 0 Å². The molecule has 1 heterocycles. The van der Waals surface area contributed by atoms with Crippen LogP contribution in [0.15, 0.2) is 42.7 Å². The van der Waals surface area contributed by atoms with Crippen LogP contribution in [0.3, 0.4) is 0 Å². The fourth-order valence-electron chi connectivity index (χ4n) is 5.85. The van der Waals surface area contributed by atoms with Gasteiger partial charge in [-0.3, -0.25) is 0 Å². The van der Waals surface area contributed by atoms with Crippen molar-refractivity contribution in [3.8, 4) is 11.4 Å². The summed E-state index contributed by atoms with van der Waals surface area (Å²) in [7, 11) is 0. The Balaban J connectivity index is 1.61. The monoisotopic (exact) mass is 278 g/mol. The molecule has 4 aliphatic carbocycles. The zero-order chi connectivity index (χ0) is 13.9. The summed E-state index contributed by atoms with van der Waals surface area (Å²) in [5.74, 6) is 4.10. The number of rotatable bonds is 2. The highest BCUT2D eigenvalue weighted by molar-refractivity contribution is 5.55. The molecule has 2 aromatic rings. The topological polar surface area (TPSA) is 17.8 Å². The summed E-state index contributed by atoms with van der Waals surface area (Å²) in [5, 5.41) is 0. The highest BCUT2D eigenvalue weighted by atomic mass is 15.1. The van der Waals surface area contributed by atoms with Crippen molar-refractivity contribution in [1.29, 1.82) is 0 Å². The number of benzene rings is 1.